The van der Waals surface area contributed by atoms with E-state index < -0.39 is 17.5 Å². The molecule has 8 heteroatoms. The average Bonchev–Trinajstić information content (AvgIpc) is 3.58. The fourth-order valence-corrected chi connectivity index (χ4v) is 8.00. The van der Waals surface area contributed by atoms with Gasteiger partial charge in [-0.2, -0.15) is 5.26 Å². The van der Waals surface area contributed by atoms with Crippen LogP contribution in [0.1, 0.15) is 85.1 Å². The molecule has 0 bridgehead atoms. The molecule has 6 atom stereocenters. The summed E-state index contributed by atoms with van der Waals surface area (Å²) in [6, 6.07) is 8.83. The Bertz CT molecular complexity index is 1220. The van der Waals surface area contributed by atoms with E-state index in [2.05, 4.69) is 50.9 Å². The molecule has 8 nitrogen and oxygen atoms in total. The van der Waals surface area contributed by atoms with Crippen molar-refractivity contribution in [3.8, 4) is 6.07 Å². The molecule has 3 aliphatic heterocycles. The standard InChI is InChI=1S/C32H45N5O3/c1-20(2)37-25-14-10-7-11-21(25)15-26(37)28(38)35(6)27(17-31(3,4)5)29(39)36-19-32(16-22(36)18-33)23-12-8-9-13-24(23)34-30(32)40/h8-9,12-13,20-22,25-27H,7,10-11,14-17,19H2,1-6H3,(H,34,40)/t21?,22-,25-,26-,27-,32-/m0/s1. The second-order valence-electron chi connectivity index (χ2n) is 14.0. The molecule has 3 heterocycles. The lowest BCUT2D eigenvalue weighted by molar-refractivity contribution is -0.149. The van der Waals surface area contributed by atoms with Crippen molar-refractivity contribution in [2.75, 3.05) is 18.9 Å². The Labute approximate surface area is 239 Å². The number of likely N-dealkylation sites (tertiary alicyclic amines) is 2. The normalized spacial score (nSPS) is 30.6. The van der Waals surface area contributed by atoms with Crippen molar-refractivity contribution >= 4 is 23.4 Å². The minimum Gasteiger partial charge on any atom is -0.332 e. The van der Waals surface area contributed by atoms with Crippen molar-refractivity contribution in [3.05, 3.63) is 29.8 Å². The number of hydrogen-bond donors (Lipinski definition) is 1. The van der Waals surface area contributed by atoms with Gasteiger partial charge in [0.2, 0.25) is 17.7 Å². The van der Waals surface area contributed by atoms with E-state index in [9.17, 15) is 19.6 Å². The Balaban J connectivity index is 1.44. The van der Waals surface area contributed by atoms with Gasteiger partial charge in [-0.25, -0.2) is 0 Å². The Morgan fingerprint density at radius 3 is 2.58 bits per heavy atom. The number of fused-ring (bicyclic) bond motifs is 3. The summed E-state index contributed by atoms with van der Waals surface area (Å²) < 4.78 is 0. The topological polar surface area (TPSA) is 96.8 Å². The Morgan fingerprint density at radius 1 is 1.20 bits per heavy atom. The van der Waals surface area contributed by atoms with Gasteiger partial charge in [-0.1, -0.05) is 51.8 Å². The number of benzene rings is 1. The van der Waals surface area contributed by atoms with Gasteiger partial charge in [0, 0.05) is 37.8 Å². The fraction of sp³-hybridized carbons (Fsp3) is 0.688. The summed E-state index contributed by atoms with van der Waals surface area (Å²) >= 11 is 0. The maximum Gasteiger partial charge on any atom is 0.246 e. The van der Waals surface area contributed by atoms with E-state index in [1.807, 2.05) is 24.3 Å². The van der Waals surface area contributed by atoms with Crippen molar-refractivity contribution in [3.63, 3.8) is 0 Å². The van der Waals surface area contributed by atoms with Crippen LogP contribution in [0.15, 0.2) is 24.3 Å². The van der Waals surface area contributed by atoms with Gasteiger partial charge in [0.15, 0.2) is 0 Å². The van der Waals surface area contributed by atoms with Gasteiger partial charge in [-0.3, -0.25) is 19.3 Å². The van der Waals surface area contributed by atoms with Crippen LogP contribution in [0, 0.1) is 22.7 Å². The molecule has 3 amide bonds. The molecule has 5 rings (SSSR count). The number of amides is 3. The molecule has 1 N–H and O–H groups in total. The minimum atomic E-state index is -0.947. The highest BCUT2D eigenvalue weighted by Crippen LogP contribution is 2.47. The van der Waals surface area contributed by atoms with Gasteiger partial charge in [-0.15, -0.1) is 0 Å². The summed E-state index contributed by atoms with van der Waals surface area (Å²) in [5.41, 5.74) is 0.409. The summed E-state index contributed by atoms with van der Waals surface area (Å²) in [5, 5.41) is 13.1. The van der Waals surface area contributed by atoms with Crippen LogP contribution in [0.5, 0.6) is 0 Å². The van der Waals surface area contributed by atoms with Gasteiger partial charge in [0.05, 0.1) is 17.5 Å². The molecule has 0 aromatic heterocycles. The van der Waals surface area contributed by atoms with Gasteiger partial charge < -0.3 is 15.1 Å². The summed E-state index contributed by atoms with van der Waals surface area (Å²) in [6.07, 6.45) is 6.28. The van der Waals surface area contributed by atoms with Crippen molar-refractivity contribution in [2.24, 2.45) is 11.3 Å². The maximum atomic E-state index is 14.4. The molecule has 4 aliphatic rings. The van der Waals surface area contributed by atoms with Crippen LogP contribution in [-0.4, -0.2) is 76.2 Å². The molecular weight excluding hydrogens is 502 g/mol. The van der Waals surface area contributed by atoms with Crippen LogP contribution in [-0.2, 0) is 19.8 Å². The number of para-hydroxylation sites is 1. The number of anilines is 1. The summed E-state index contributed by atoms with van der Waals surface area (Å²) in [4.78, 5) is 47.6. The van der Waals surface area contributed by atoms with Crippen LogP contribution >= 0.6 is 0 Å². The number of rotatable bonds is 5. The van der Waals surface area contributed by atoms with E-state index in [1.54, 1.807) is 16.8 Å². The van der Waals surface area contributed by atoms with Crippen LogP contribution in [0.3, 0.4) is 0 Å². The summed E-state index contributed by atoms with van der Waals surface area (Å²) in [7, 11) is 1.77. The van der Waals surface area contributed by atoms with Gasteiger partial charge in [0.25, 0.3) is 0 Å². The predicted octanol–water partition coefficient (Wildman–Crippen LogP) is 4.31. The first-order valence-electron chi connectivity index (χ1n) is 15.0. The molecule has 1 spiro atoms. The maximum absolute atomic E-state index is 14.4. The number of carbonyl (C=O) groups is 3. The van der Waals surface area contributed by atoms with E-state index in [1.165, 1.54) is 12.8 Å². The fourth-order valence-electron chi connectivity index (χ4n) is 8.00. The largest absolute Gasteiger partial charge is 0.332 e. The first-order valence-corrected chi connectivity index (χ1v) is 15.0. The molecule has 1 aromatic carbocycles. The van der Waals surface area contributed by atoms with E-state index in [4.69, 9.17) is 0 Å². The third-order valence-electron chi connectivity index (χ3n) is 9.84. The molecule has 0 radical (unpaired) electrons. The molecule has 216 valence electrons. The second-order valence-corrected chi connectivity index (χ2v) is 14.0. The molecule has 1 unspecified atom stereocenters. The average molecular weight is 548 g/mol. The van der Waals surface area contributed by atoms with Crippen LogP contribution in [0.25, 0.3) is 0 Å². The first-order chi connectivity index (χ1) is 18.9. The molecule has 1 aromatic rings. The monoisotopic (exact) mass is 547 g/mol. The number of carbonyl (C=O) groups excluding carboxylic acids is 3. The van der Waals surface area contributed by atoms with Crippen LogP contribution < -0.4 is 5.32 Å². The zero-order chi connectivity index (χ0) is 29.0. The Morgan fingerprint density at radius 2 is 1.90 bits per heavy atom. The van der Waals surface area contributed by atoms with Crippen molar-refractivity contribution in [1.29, 1.82) is 5.26 Å². The van der Waals surface area contributed by atoms with E-state index >= 15 is 0 Å². The second kappa shape index (κ2) is 10.5. The number of likely N-dealkylation sites (N-methyl/N-ethyl adjacent to an activating group) is 1. The van der Waals surface area contributed by atoms with Crippen molar-refractivity contribution in [2.45, 2.75) is 115 Å². The smallest absolute Gasteiger partial charge is 0.246 e. The van der Waals surface area contributed by atoms with E-state index in [0.29, 0.717) is 18.4 Å². The van der Waals surface area contributed by atoms with Crippen LogP contribution in [0.4, 0.5) is 5.69 Å². The Hall–Kier alpha value is -2.92. The lowest BCUT2D eigenvalue weighted by Gasteiger charge is -2.40. The number of hydrogen-bond acceptors (Lipinski definition) is 5. The number of nitrogens with one attached hydrogen (secondary N) is 1. The zero-order valence-electron chi connectivity index (χ0n) is 24.9. The first kappa shape index (κ1) is 28.6. The predicted molar refractivity (Wildman–Crippen MR) is 154 cm³/mol. The summed E-state index contributed by atoms with van der Waals surface area (Å²) in [6.45, 7) is 10.7. The van der Waals surface area contributed by atoms with Gasteiger partial charge >= 0.3 is 0 Å². The third-order valence-corrected chi connectivity index (χ3v) is 9.84. The molecule has 1 aliphatic carbocycles. The zero-order valence-corrected chi connectivity index (χ0v) is 24.9. The lowest BCUT2D eigenvalue weighted by Crippen LogP contribution is -2.57. The van der Waals surface area contributed by atoms with Crippen LogP contribution in [0.2, 0.25) is 0 Å². The SMILES string of the molecule is CC(C)N1[C@H](C(=O)N(C)[C@@H](CC(C)(C)C)C(=O)N2C[C@]3(C[C@H]2C#N)C(=O)Nc2ccccc23)CC2CCCC[C@@H]21. The number of nitrogens with zero attached hydrogens (tertiary/aromatic N) is 4. The highest BCUT2D eigenvalue weighted by molar-refractivity contribution is 6.07. The van der Waals surface area contributed by atoms with Crippen molar-refractivity contribution in [1.82, 2.24) is 14.7 Å². The van der Waals surface area contributed by atoms with Gasteiger partial charge in [-0.05, 0) is 62.5 Å². The van der Waals surface area contributed by atoms with E-state index in [0.717, 1.165) is 30.5 Å². The lowest BCUT2D eigenvalue weighted by atomic mass is 9.80. The quantitative estimate of drug-likeness (QED) is 0.593. The van der Waals surface area contributed by atoms with Gasteiger partial charge in [0.1, 0.15) is 12.1 Å². The highest BCUT2D eigenvalue weighted by Gasteiger charge is 2.57. The summed E-state index contributed by atoms with van der Waals surface area (Å²) in [5.74, 6) is 0.120. The molecule has 40 heavy (non-hydrogen) atoms. The molecule has 1 saturated carbocycles. The molecule has 2 saturated heterocycles. The highest BCUT2D eigenvalue weighted by atomic mass is 16.2. The Kier molecular flexibility index (Phi) is 7.50. The van der Waals surface area contributed by atoms with Crippen molar-refractivity contribution < 1.29 is 14.4 Å². The minimum absolute atomic E-state index is 0.00271. The van der Waals surface area contributed by atoms with E-state index in [-0.39, 0.29) is 48.2 Å². The number of nitriles is 1. The molecule has 3 fully saturated rings. The molecular formula is C32H45N5O3. The third kappa shape index (κ3) is 4.81.